The average molecular weight is 298 g/mol. The third-order valence-electron chi connectivity index (χ3n) is 3.39. The Labute approximate surface area is 126 Å². The topological polar surface area (TPSA) is 37.4 Å². The van der Waals surface area contributed by atoms with Crippen LogP contribution in [0.25, 0.3) is 0 Å². The predicted octanol–water partition coefficient (Wildman–Crippen LogP) is 2.85. The number of ether oxygens (including phenoxy) is 1. The lowest BCUT2D eigenvalue weighted by Crippen LogP contribution is -2.30. The zero-order valence-corrected chi connectivity index (χ0v) is 13.3. The van der Waals surface area contributed by atoms with Gasteiger partial charge in [-0.3, -0.25) is 0 Å². The number of nitrogens with zero attached hydrogens (tertiary/aromatic N) is 2. The number of aromatic nitrogens is 1. The van der Waals surface area contributed by atoms with Crippen molar-refractivity contribution in [2.45, 2.75) is 45.3 Å². The lowest BCUT2D eigenvalue weighted by molar-refractivity contribution is 0.204. The summed E-state index contributed by atoms with van der Waals surface area (Å²) in [6, 6.07) is 3.05. The number of pyridine rings is 1. The Balaban J connectivity index is 2.06. The fourth-order valence-corrected chi connectivity index (χ4v) is 2.44. The molecule has 0 aromatic carbocycles. The van der Waals surface area contributed by atoms with Gasteiger partial charge in [0, 0.05) is 38.5 Å². The van der Waals surface area contributed by atoms with Gasteiger partial charge in [-0.05, 0) is 24.5 Å². The molecule has 0 saturated heterocycles. The first-order valence-electron chi connectivity index (χ1n) is 7.25. The maximum absolute atomic E-state index is 6.42. The molecule has 0 spiro atoms. The molecule has 1 N–H and O–H groups in total. The van der Waals surface area contributed by atoms with Crippen molar-refractivity contribution in [3.63, 3.8) is 0 Å². The van der Waals surface area contributed by atoms with Gasteiger partial charge in [0.25, 0.3) is 0 Å². The Morgan fingerprint density at radius 3 is 2.80 bits per heavy atom. The highest BCUT2D eigenvalue weighted by Gasteiger charge is 2.30. The van der Waals surface area contributed by atoms with E-state index in [4.69, 9.17) is 16.3 Å². The van der Waals surface area contributed by atoms with Gasteiger partial charge in [-0.2, -0.15) is 0 Å². The summed E-state index contributed by atoms with van der Waals surface area (Å²) >= 11 is 6.42. The van der Waals surface area contributed by atoms with Crippen molar-refractivity contribution in [1.29, 1.82) is 0 Å². The molecule has 0 atom stereocenters. The van der Waals surface area contributed by atoms with Crippen LogP contribution in [0, 0.1) is 0 Å². The average Bonchev–Trinajstić information content (AvgIpc) is 3.23. The van der Waals surface area contributed by atoms with Crippen molar-refractivity contribution < 1.29 is 4.74 Å². The highest BCUT2D eigenvalue weighted by atomic mass is 35.5. The molecule has 112 valence electrons. The molecule has 0 unspecified atom stereocenters. The maximum atomic E-state index is 6.42. The van der Waals surface area contributed by atoms with E-state index in [9.17, 15) is 0 Å². The van der Waals surface area contributed by atoms with Crippen molar-refractivity contribution in [3.05, 3.63) is 22.8 Å². The van der Waals surface area contributed by atoms with E-state index in [1.54, 1.807) is 7.11 Å². The summed E-state index contributed by atoms with van der Waals surface area (Å²) < 4.78 is 5.18. The van der Waals surface area contributed by atoms with Crippen LogP contribution in [0.15, 0.2) is 12.3 Å². The van der Waals surface area contributed by atoms with Gasteiger partial charge in [0.05, 0.1) is 11.6 Å². The second-order valence-electron chi connectivity index (χ2n) is 5.60. The molecule has 0 radical (unpaired) electrons. The Morgan fingerprint density at radius 2 is 2.25 bits per heavy atom. The van der Waals surface area contributed by atoms with Crippen molar-refractivity contribution in [2.75, 3.05) is 25.2 Å². The van der Waals surface area contributed by atoms with Crippen LogP contribution in [0.1, 0.15) is 32.3 Å². The van der Waals surface area contributed by atoms with Crippen LogP contribution in [0.5, 0.6) is 0 Å². The van der Waals surface area contributed by atoms with Crippen molar-refractivity contribution in [3.8, 4) is 0 Å². The monoisotopic (exact) mass is 297 g/mol. The quantitative estimate of drug-likeness (QED) is 0.801. The molecule has 1 aliphatic rings. The number of nitrogens with one attached hydrogen (secondary N) is 1. The molecule has 1 aliphatic carbocycles. The minimum Gasteiger partial charge on any atom is -0.383 e. The molecule has 2 rings (SSSR count). The van der Waals surface area contributed by atoms with E-state index in [-0.39, 0.29) is 0 Å². The van der Waals surface area contributed by atoms with Gasteiger partial charge in [-0.25, -0.2) is 4.98 Å². The smallest absolute Gasteiger partial charge is 0.147 e. The molecule has 1 heterocycles. The molecule has 1 aromatic rings. The van der Waals surface area contributed by atoms with E-state index in [0.29, 0.717) is 18.7 Å². The van der Waals surface area contributed by atoms with E-state index < -0.39 is 0 Å². The van der Waals surface area contributed by atoms with E-state index in [1.165, 1.54) is 12.8 Å². The first-order chi connectivity index (χ1) is 9.61. The molecule has 0 amide bonds. The number of hydrogen-bond acceptors (Lipinski definition) is 4. The third-order valence-corrected chi connectivity index (χ3v) is 3.67. The zero-order chi connectivity index (χ0) is 14.5. The third kappa shape index (κ3) is 4.33. The lowest BCUT2D eigenvalue weighted by atomic mass is 10.2. The van der Waals surface area contributed by atoms with E-state index >= 15 is 0 Å². The lowest BCUT2D eigenvalue weighted by Gasteiger charge is -2.24. The van der Waals surface area contributed by atoms with E-state index in [0.717, 1.165) is 29.5 Å². The van der Waals surface area contributed by atoms with Gasteiger partial charge in [-0.15, -0.1) is 0 Å². The Hall–Kier alpha value is -0.840. The summed E-state index contributed by atoms with van der Waals surface area (Å²) in [5.41, 5.74) is 1.12. The number of hydrogen-bond donors (Lipinski definition) is 1. The fourth-order valence-electron chi connectivity index (χ4n) is 2.14. The highest BCUT2D eigenvalue weighted by Crippen LogP contribution is 2.34. The van der Waals surface area contributed by atoms with Crippen LogP contribution in [0.4, 0.5) is 5.82 Å². The van der Waals surface area contributed by atoms with Crippen LogP contribution < -0.4 is 10.2 Å². The van der Waals surface area contributed by atoms with E-state index in [1.807, 2.05) is 12.3 Å². The van der Waals surface area contributed by atoms with Crippen molar-refractivity contribution in [1.82, 2.24) is 10.3 Å². The number of halogens is 1. The first kappa shape index (κ1) is 15.5. The molecular formula is C15H24ClN3O. The zero-order valence-electron chi connectivity index (χ0n) is 12.5. The number of methoxy groups -OCH3 is 1. The van der Waals surface area contributed by atoms with Crippen LogP contribution >= 0.6 is 11.6 Å². The van der Waals surface area contributed by atoms with Crippen LogP contribution in [0.3, 0.4) is 0 Å². The van der Waals surface area contributed by atoms with Crippen LogP contribution in [0.2, 0.25) is 5.02 Å². The summed E-state index contributed by atoms with van der Waals surface area (Å²) in [4.78, 5) is 6.84. The molecule has 5 heteroatoms. The van der Waals surface area contributed by atoms with Crippen LogP contribution in [-0.4, -0.2) is 37.3 Å². The molecule has 20 heavy (non-hydrogen) atoms. The van der Waals surface area contributed by atoms with Gasteiger partial charge < -0.3 is 15.0 Å². The summed E-state index contributed by atoms with van der Waals surface area (Å²) in [6.45, 7) is 6.60. The standard InChI is InChI=1S/C15H24ClN3O/c1-11(2)17-9-12-8-14(16)15(18-10-12)19(6-7-20-3)13-4-5-13/h8,10-11,13,17H,4-7,9H2,1-3H3. The van der Waals surface area contributed by atoms with Gasteiger partial charge >= 0.3 is 0 Å². The van der Waals surface area contributed by atoms with Crippen molar-refractivity contribution >= 4 is 17.4 Å². The molecular weight excluding hydrogens is 274 g/mol. The van der Waals surface area contributed by atoms with E-state index in [2.05, 4.69) is 29.0 Å². The molecule has 0 aliphatic heterocycles. The predicted molar refractivity (Wildman–Crippen MR) is 83.5 cm³/mol. The van der Waals surface area contributed by atoms with Gasteiger partial charge in [0.15, 0.2) is 0 Å². The summed E-state index contributed by atoms with van der Waals surface area (Å²) in [5, 5.41) is 4.11. The molecule has 1 saturated carbocycles. The van der Waals surface area contributed by atoms with Crippen molar-refractivity contribution in [2.24, 2.45) is 0 Å². The van der Waals surface area contributed by atoms with Gasteiger partial charge in [0.1, 0.15) is 5.82 Å². The molecule has 1 aromatic heterocycles. The summed E-state index contributed by atoms with van der Waals surface area (Å²) in [5.74, 6) is 0.888. The van der Waals surface area contributed by atoms with Gasteiger partial charge in [-0.1, -0.05) is 25.4 Å². The minimum absolute atomic E-state index is 0.457. The summed E-state index contributed by atoms with van der Waals surface area (Å²) in [7, 11) is 1.72. The Bertz CT molecular complexity index is 435. The Morgan fingerprint density at radius 1 is 1.50 bits per heavy atom. The fraction of sp³-hybridized carbons (Fsp3) is 0.667. The molecule has 0 bridgehead atoms. The van der Waals surface area contributed by atoms with Crippen LogP contribution in [-0.2, 0) is 11.3 Å². The second-order valence-corrected chi connectivity index (χ2v) is 6.01. The normalized spacial score (nSPS) is 14.8. The van der Waals surface area contributed by atoms with Gasteiger partial charge in [0.2, 0.25) is 0 Å². The largest absolute Gasteiger partial charge is 0.383 e. The highest BCUT2D eigenvalue weighted by molar-refractivity contribution is 6.33. The number of rotatable bonds is 8. The Kier molecular flexibility index (Phi) is 5.64. The summed E-state index contributed by atoms with van der Waals surface area (Å²) in [6.07, 6.45) is 4.36. The molecule has 1 fully saturated rings. The first-order valence-corrected chi connectivity index (χ1v) is 7.63. The second kappa shape index (κ2) is 7.25. The number of anilines is 1. The maximum Gasteiger partial charge on any atom is 0.147 e. The molecule has 4 nitrogen and oxygen atoms in total. The SMILES string of the molecule is COCCN(c1ncc(CNC(C)C)cc1Cl)C1CC1. The minimum atomic E-state index is 0.457.